The number of hydrogen-bond donors (Lipinski definition) is 2. The van der Waals surface area contributed by atoms with Gasteiger partial charge in [0.2, 0.25) is 5.91 Å². The second-order valence-corrected chi connectivity index (χ2v) is 11.2. The summed E-state index contributed by atoms with van der Waals surface area (Å²) in [5, 5.41) is 15.7. The Morgan fingerprint density at radius 3 is 2.64 bits per heavy atom. The maximum absolute atomic E-state index is 13.2. The fraction of sp³-hybridized carbons (Fsp3) is 0.615. The van der Waals surface area contributed by atoms with Crippen molar-refractivity contribution in [3.05, 3.63) is 40.7 Å². The highest BCUT2D eigenvalue weighted by atomic mass is 32.1. The number of aliphatic hydroxyl groups is 1. The number of aromatic nitrogens is 1. The summed E-state index contributed by atoms with van der Waals surface area (Å²) >= 11 is 1.66. The number of thiazole rings is 1. The minimum absolute atomic E-state index is 0.0139. The van der Waals surface area contributed by atoms with Crippen molar-refractivity contribution in [3.63, 3.8) is 0 Å². The molecule has 1 aromatic carbocycles. The molecule has 2 aliphatic carbocycles. The predicted molar refractivity (Wildman–Crippen MR) is 131 cm³/mol. The number of carbonyl (C=O) groups excluding carboxylic acids is 1. The van der Waals surface area contributed by atoms with E-state index in [1.165, 1.54) is 17.0 Å². The molecular weight excluding hydrogens is 437 g/mol. The van der Waals surface area contributed by atoms with E-state index in [2.05, 4.69) is 19.2 Å². The van der Waals surface area contributed by atoms with Crippen LogP contribution in [0.4, 0.5) is 15.2 Å². The van der Waals surface area contributed by atoms with Gasteiger partial charge in [-0.3, -0.25) is 4.79 Å². The molecule has 0 saturated heterocycles. The van der Waals surface area contributed by atoms with Crippen molar-refractivity contribution in [1.82, 2.24) is 9.88 Å². The Labute approximate surface area is 200 Å². The van der Waals surface area contributed by atoms with Crippen molar-refractivity contribution in [2.45, 2.75) is 65.9 Å². The van der Waals surface area contributed by atoms with Crippen LogP contribution in [0.1, 0.15) is 63.9 Å². The number of rotatable bonds is 6. The molecule has 1 fully saturated rings. The summed E-state index contributed by atoms with van der Waals surface area (Å²) in [6.07, 6.45) is 2.22. The van der Waals surface area contributed by atoms with Crippen LogP contribution in [0.15, 0.2) is 24.3 Å². The lowest BCUT2D eigenvalue weighted by atomic mass is 9.53. The van der Waals surface area contributed by atoms with Gasteiger partial charge in [-0.25, -0.2) is 9.37 Å². The quantitative estimate of drug-likeness (QED) is 0.575. The van der Waals surface area contributed by atoms with Crippen molar-refractivity contribution >= 4 is 28.1 Å². The first-order chi connectivity index (χ1) is 15.7. The zero-order chi connectivity index (χ0) is 23.9. The number of carbonyl (C=O) groups is 1. The number of nitrogens with zero attached hydrogens (tertiary/aromatic N) is 2. The summed E-state index contributed by atoms with van der Waals surface area (Å²) in [6.45, 7) is 11.9. The number of benzene rings is 1. The maximum atomic E-state index is 13.2. The van der Waals surface area contributed by atoms with Crippen molar-refractivity contribution in [2.75, 3.05) is 18.4 Å². The molecule has 0 spiro atoms. The Morgan fingerprint density at radius 2 is 2.00 bits per heavy atom. The molecule has 5 nitrogen and oxygen atoms in total. The Kier molecular flexibility index (Phi) is 6.83. The molecule has 1 amide bonds. The first kappa shape index (κ1) is 24.1. The highest BCUT2D eigenvalue weighted by Crippen LogP contribution is 2.57. The van der Waals surface area contributed by atoms with E-state index in [4.69, 9.17) is 4.98 Å². The molecule has 0 bridgehead atoms. The molecule has 7 heteroatoms. The summed E-state index contributed by atoms with van der Waals surface area (Å²) in [6, 6.07) is 6.29. The molecule has 1 heterocycles. The number of anilines is 2. The number of aliphatic hydroxyl groups excluding tert-OH is 1. The van der Waals surface area contributed by atoms with Gasteiger partial charge in [-0.15, -0.1) is 11.3 Å². The average Bonchev–Trinajstić information content (AvgIpc) is 3.17. The van der Waals surface area contributed by atoms with E-state index >= 15 is 0 Å². The first-order valence-electron chi connectivity index (χ1n) is 12.2. The van der Waals surface area contributed by atoms with Gasteiger partial charge in [0, 0.05) is 35.5 Å². The summed E-state index contributed by atoms with van der Waals surface area (Å²) in [4.78, 5) is 21.1. The van der Waals surface area contributed by atoms with Crippen LogP contribution in [-0.2, 0) is 11.2 Å². The standard InChI is InChI=1S/C26H36FN3O2S/c1-6-30(7-2)24(32)15(3)19-12-13-26(5)14-20-22(16(4)21(26)23(19)31)29-25(33-20)28-18-10-8-17(27)9-11-18/h8-11,15-16,19,21,23,31H,6-7,12-14H2,1-5H3,(H,28,29)/t15-,16-,19+,21+,23-,26-/m0/s1. The lowest BCUT2D eigenvalue weighted by Gasteiger charge is -2.53. The van der Waals surface area contributed by atoms with Crippen LogP contribution >= 0.6 is 11.3 Å². The monoisotopic (exact) mass is 473 g/mol. The van der Waals surface area contributed by atoms with E-state index in [1.807, 2.05) is 25.7 Å². The number of nitrogens with one attached hydrogen (secondary N) is 1. The van der Waals surface area contributed by atoms with E-state index in [9.17, 15) is 14.3 Å². The minimum atomic E-state index is -0.531. The predicted octanol–water partition coefficient (Wildman–Crippen LogP) is 5.58. The fourth-order valence-electron chi connectivity index (χ4n) is 6.26. The van der Waals surface area contributed by atoms with E-state index in [-0.39, 0.29) is 40.8 Å². The smallest absolute Gasteiger partial charge is 0.225 e. The Bertz CT molecular complexity index is 990. The first-order valence-corrected chi connectivity index (χ1v) is 13.0. The number of amides is 1. The second-order valence-electron chi connectivity index (χ2n) is 10.1. The molecule has 4 rings (SSSR count). The number of fused-ring (bicyclic) bond motifs is 2. The number of halogens is 1. The van der Waals surface area contributed by atoms with E-state index in [0.29, 0.717) is 13.1 Å². The molecule has 0 unspecified atom stereocenters. The van der Waals surface area contributed by atoms with Crippen LogP contribution in [0.2, 0.25) is 0 Å². The molecule has 0 radical (unpaired) electrons. The lowest BCUT2D eigenvalue weighted by molar-refractivity contribution is -0.144. The molecule has 33 heavy (non-hydrogen) atoms. The fourth-order valence-corrected chi connectivity index (χ4v) is 7.55. The van der Waals surface area contributed by atoms with Gasteiger partial charge in [-0.2, -0.15) is 0 Å². The summed E-state index contributed by atoms with van der Waals surface area (Å²) < 4.78 is 13.2. The minimum Gasteiger partial charge on any atom is -0.392 e. The third-order valence-corrected chi connectivity index (χ3v) is 9.11. The van der Waals surface area contributed by atoms with Crippen molar-refractivity contribution in [1.29, 1.82) is 0 Å². The summed E-state index contributed by atoms with van der Waals surface area (Å²) in [5.74, 6) is -0.165. The van der Waals surface area contributed by atoms with Crippen LogP contribution < -0.4 is 5.32 Å². The maximum Gasteiger partial charge on any atom is 0.225 e. The molecule has 2 aromatic rings. The Balaban J connectivity index is 1.57. The highest BCUT2D eigenvalue weighted by molar-refractivity contribution is 7.15. The van der Waals surface area contributed by atoms with Gasteiger partial charge in [0.15, 0.2) is 5.13 Å². The van der Waals surface area contributed by atoms with Crippen LogP contribution in [-0.4, -0.2) is 40.1 Å². The SMILES string of the molecule is CCN(CC)C(=O)[C@@H](C)[C@H]1CC[C@@]2(C)Cc3sc(Nc4ccc(F)cc4)nc3[C@@H](C)[C@@H]2[C@H]1O. The number of hydrogen-bond acceptors (Lipinski definition) is 5. The largest absolute Gasteiger partial charge is 0.392 e. The molecule has 0 aliphatic heterocycles. The molecule has 2 aliphatic rings. The van der Waals surface area contributed by atoms with Gasteiger partial charge in [0.1, 0.15) is 5.82 Å². The average molecular weight is 474 g/mol. The van der Waals surface area contributed by atoms with E-state index in [0.717, 1.165) is 35.8 Å². The van der Waals surface area contributed by atoms with Crippen LogP contribution in [0.5, 0.6) is 0 Å². The molecule has 6 atom stereocenters. The Hall–Kier alpha value is -1.99. The molecule has 1 aromatic heterocycles. The summed E-state index contributed by atoms with van der Waals surface area (Å²) in [7, 11) is 0. The van der Waals surface area contributed by atoms with Crippen LogP contribution in [0, 0.1) is 29.0 Å². The zero-order valence-corrected chi connectivity index (χ0v) is 21.1. The molecular formula is C26H36FN3O2S. The van der Waals surface area contributed by atoms with Crippen molar-refractivity contribution in [2.24, 2.45) is 23.2 Å². The van der Waals surface area contributed by atoms with Gasteiger partial charge >= 0.3 is 0 Å². The second kappa shape index (κ2) is 9.34. The Morgan fingerprint density at radius 1 is 1.33 bits per heavy atom. The summed E-state index contributed by atoms with van der Waals surface area (Å²) in [5.41, 5.74) is 1.84. The lowest BCUT2D eigenvalue weighted by Crippen LogP contribution is -2.53. The normalized spacial score (nSPS) is 29.7. The van der Waals surface area contributed by atoms with Crippen LogP contribution in [0.25, 0.3) is 0 Å². The van der Waals surface area contributed by atoms with Gasteiger partial charge in [-0.05, 0) is 74.6 Å². The third kappa shape index (κ3) is 4.42. The van der Waals surface area contributed by atoms with Crippen LogP contribution in [0.3, 0.4) is 0 Å². The topological polar surface area (TPSA) is 65.5 Å². The third-order valence-electron chi connectivity index (χ3n) is 8.12. The molecule has 2 N–H and O–H groups in total. The highest BCUT2D eigenvalue weighted by Gasteiger charge is 2.54. The zero-order valence-electron chi connectivity index (χ0n) is 20.3. The van der Waals surface area contributed by atoms with Gasteiger partial charge in [0.05, 0.1) is 11.8 Å². The van der Waals surface area contributed by atoms with Gasteiger partial charge in [-0.1, -0.05) is 20.8 Å². The van der Waals surface area contributed by atoms with E-state index < -0.39 is 6.10 Å². The van der Waals surface area contributed by atoms with Crippen molar-refractivity contribution in [3.8, 4) is 0 Å². The molecule has 1 saturated carbocycles. The van der Waals surface area contributed by atoms with Gasteiger partial charge < -0.3 is 15.3 Å². The van der Waals surface area contributed by atoms with Gasteiger partial charge in [0.25, 0.3) is 0 Å². The van der Waals surface area contributed by atoms with E-state index in [1.54, 1.807) is 23.5 Å². The van der Waals surface area contributed by atoms with Crippen molar-refractivity contribution < 1.29 is 14.3 Å². The molecule has 180 valence electrons.